The van der Waals surface area contributed by atoms with Gasteiger partial charge in [-0.3, -0.25) is 10.1 Å². The molecule has 0 spiro atoms. The third-order valence-corrected chi connectivity index (χ3v) is 3.71. The van der Waals surface area contributed by atoms with E-state index in [4.69, 9.17) is 9.47 Å². The van der Waals surface area contributed by atoms with Gasteiger partial charge in [-0.1, -0.05) is 0 Å². The van der Waals surface area contributed by atoms with Crippen LogP contribution >= 0.6 is 0 Å². The van der Waals surface area contributed by atoms with Crippen LogP contribution in [0.4, 0.5) is 10.5 Å². The van der Waals surface area contributed by atoms with E-state index in [9.17, 15) is 9.59 Å². The molecule has 1 aromatic carbocycles. The van der Waals surface area contributed by atoms with Crippen LogP contribution in [0.1, 0.15) is 33.0 Å². The van der Waals surface area contributed by atoms with Crippen molar-refractivity contribution >= 4 is 28.8 Å². The van der Waals surface area contributed by atoms with Gasteiger partial charge in [0.05, 0.1) is 37.4 Å². The average molecular weight is 363 g/mol. The van der Waals surface area contributed by atoms with Crippen LogP contribution in [0.5, 0.6) is 5.75 Å². The van der Waals surface area contributed by atoms with Crippen molar-refractivity contribution in [3.63, 3.8) is 0 Å². The Morgan fingerprint density at radius 2 is 1.92 bits per heavy atom. The van der Waals surface area contributed by atoms with Gasteiger partial charge in [0.25, 0.3) is 0 Å². The van der Waals surface area contributed by atoms with E-state index < -0.39 is 11.7 Å². The molecule has 26 heavy (non-hydrogen) atoms. The second-order valence-corrected chi connectivity index (χ2v) is 6.83. The zero-order valence-corrected chi connectivity index (χ0v) is 16.0. The Morgan fingerprint density at radius 3 is 2.50 bits per heavy atom. The van der Waals surface area contributed by atoms with Gasteiger partial charge in [0.2, 0.25) is 0 Å². The van der Waals surface area contributed by atoms with Gasteiger partial charge in [-0.2, -0.15) is 0 Å². The maximum Gasteiger partial charge on any atom is 0.412 e. The van der Waals surface area contributed by atoms with Crippen molar-refractivity contribution in [1.82, 2.24) is 9.55 Å². The molecule has 0 aliphatic rings. The number of hydrogen-bond acceptors (Lipinski definition) is 6. The molecule has 0 fully saturated rings. The normalized spacial score (nSPS) is 11.3. The highest BCUT2D eigenvalue weighted by Crippen LogP contribution is 2.31. The maximum atomic E-state index is 12.1. The number of amides is 1. The predicted octanol–water partition coefficient (Wildman–Crippen LogP) is 3.03. The number of carbonyl (C=O) groups excluding carboxylic acids is 2. The zero-order valence-electron chi connectivity index (χ0n) is 16.0. The maximum absolute atomic E-state index is 12.1. The lowest BCUT2D eigenvalue weighted by Gasteiger charge is -2.20. The van der Waals surface area contributed by atoms with Gasteiger partial charge in [-0.25, -0.2) is 9.78 Å². The van der Waals surface area contributed by atoms with Crippen LogP contribution in [0.15, 0.2) is 12.1 Å². The minimum Gasteiger partial charge on any atom is -0.494 e. The van der Waals surface area contributed by atoms with E-state index >= 15 is 0 Å². The third kappa shape index (κ3) is 4.65. The van der Waals surface area contributed by atoms with Crippen LogP contribution in [-0.4, -0.2) is 41.4 Å². The van der Waals surface area contributed by atoms with E-state index in [0.29, 0.717) is 23.4 Å². The first-order valence-electron chi connectivity index (χ1n) is 8.24. The molecule has 1 heterocycles. The van der Waals surface area contributed by atoms with Gasteiger partial charge in [-0.05, 0) is 26.8 Å². The van der Waals surface area contributed by atoms with Gasteiger partial charge in [0.15, 0.2) is 0 Å². The number of ether oxygens (including phenoxy) is 3. The Bertz CT molecular complexity index is 820. The fourth-order valence-electron chi connectivity index (χ4n) is 2.49. The number of aromatic nitrogens is 2. The van der Waals surface area contributed by atoms with Crippen molar-refractivity contribution in [2.45, 2.75) is 39.2 Å². The molecule has 0 radical (unpaired) electrons. The lowest BCUT2D eigenvalue weighted by Crippen LogP contribution is -2.27. The molecule has 1 N–H and O–H groups in total. The Balaban J connectivity index is 2.32. The first kappa shape index (κ1) is 19.6. The summed E-state index contributed by atoms with van der Waals surface area (Å²) >= 11 is 0. The van der Waals surface area contributed by atoms with Gasteiger partial charge in [0, 0.05) is 19.5 Å². The highest BCUT2D eigenvalue weighted by Gasteiger charge is 2.19. The Labute approximate surface area is 152 Å². The molecule has 1 aromatic heterocycles. The molecule has 8 heteroatoms. The molecule has 2 aromatic rings. The van der Waals surface area contributed by atoms with Crippen molar-refractivity contribution in [2.24, 2.45) is 7.05 Å². The molecule has 0 saturated carbocycles. The van der Waals surface area contributed by atoms with Crippen LogP contribution in [0.3, 0.4) is 0 Å². The fraction of sp³-hybridized carbons (Fsp3) is 0.500. The van der Waals surface area contributed by atoms with Gasteiger partial charge in [-0.15, -0.1) is 0 Å². The summed E-state index contributed by atoms with van der Waals surface area (Å²) in [4.78, 5) is 28.0. The third-order valence-electron chi connectivity index (χ3n) is 3.71. The van der Waals surface area contributed by atoms with Crippen molar-refractivity contribution in [2.75, 3.05) is 19.5 Å². The molecule has 0 saturated heterocycles. The summed E-state index contributed by atoms with van der Waals surface area (Å²) in [6.07, 6.45) is 0.131. The number of fused-ring (bicyclic) bond motifs is 1. The summed E-state index contributed by atoms with van der Waals surface area (Å²) in [7, 11) is 4.73. The fourth-order valence-corrected chi connectivity index (χ4v) is 2.49. The summed E-state index contributed by atoms with van der Waals surface area (Å²) in [5.74, 6) is 0.921. The molecule has 8 nitrogen and oxygen atoms in total. The van der Waals surface area contributed by atoms with Gasteiger partial charge < -0.3 is 18.8 Å². The second kappa shape index (κ2) is 7.63. The van der Waals surface area contributed by atoms with E-state index in [1.165, 1.54) is 14.2 Å². The van der Waals surface area contributed by atoms with Crippen LogP contribution in [0.2, 0.25) is 0 Å². The Hall–Kier alpha value is -2.77. The molecule has 0 aliphatic heterocycles. The number of hydrogen-bond donors (Lipinski definition) is 1. The van der Waals surface area contributed by atoms with E-state index in [-0.39, 0.29) is 12.4 Å². The number of nitrogens with zero attached hydrogens (tertiary/aromatic N) is 2. The molecular weight excluding hydrogens is 338 g/mol. The summed E-state index contributed by atoms with van der Waals surface area (Å²) < 4.78 is 17.2. The number of aryl methyl sites for hydroxylation is 2. The number of benzene rings is 1. The minimum atomic E-state index is -0.602. The number of imidazole rings is 1. The minimum absolute atomic E-state index is 0.244. The van der Waals surface area contributed by atoms with E-state index in [2.05, 4.69) is 15.0 Å². The number of methoxy groups -OCH3 is 2. The van der Waals surface area contributed by atoms with Crippen molar-refractivity contribution < 1.29 is 23.8 Å². The van der Waals surface area contributed by atoms with Crippen LogP contribution in [0.25, 0.3) is 11.0 Å². The Kier molecular flexibility index (Phi) is 5.74. The van der Waals surface area contributed by atoms with Crippen molar-refractivity contribution in [3.8, 4) is 5.75 Å². The second-order valence-electron chi connectivity index (χ2n) is 6.83. The average Bonchev–Trinajstić information content (AvgIpc) is 2.85. The summed E-state index contributed by atoms with van der Waals surface area (Å²) in [5.41, 5.74) is 1.39. The highest BCUT2D eigenvalue weighted by atomic mass is 16.6. The number of anilines is 1. The molecule has 2 rings (SSSR count). The molecule has 1 amide bonds. The molecule has 0 atom stereocenters. The molecule has 0 unspecified atom stereocenters. The number of rotatable bonds is 5. The van der Waals surface area contributed by atoms with Crippen LogP contribution in [-0.2, 0) is 27.7 Å². The first-order chi connectivity index (χ1) is 12.1. The smallest absolute Gasteiger partial charge is 0.412 e. The van der Waals surface area contributed by atoms with Gasteiger partial charge >= 0.3 is 12.1 Å². The number of carbonyl (C=O) groups is 2. The zero-order chi connectivity index (χ0) is 19.5. The van der Waals surface area contributed by atoms with E-state index in [0.717, 1.165) is 11.3 Å². The lowest BCUT2D eigenvalue weighted by atomic mass is 10.2. The standard InChI is InChI=1S/C18H25N3O5/c1-18(2,3)26-17(23)20-12-9-13-11(10-14(12)24-5)19-15(21(13)4)7-8-16(22)25-6/h9-10H,7-8H2,1-6H3,(H,20,23). The molecule has 0 aliphatic carbocycles. The number of esters is 1. The summed E-state index contributed by atoms with van der Waals surface area (Å²) in [5, 5.41) is 2.70. The monoisotopic (exact) mass is 363 g/mol. The quantitative estimate of drug-likeness (QED) is 0.821. The van der Waals surface area contributed by atoms with Gasteiger partial charge in [0.1, 0.15) is 17.2 Å². The predicted molar refractivity (Wildman–Crippen MR) is 97.5 cm³/mol. The number of nitrogens with one attached hydrogen (secondary N) is 1. The van der Waals surface area contributed by atoms with E-state index in [1.54, 1.807) is 32.9 Å². The largest absolute Gasteiger partial charge is 0.494 e. The first-order valence-corrected chi connectivity index (χ1v) is 8.24. The topological polar surface area (TPSA) is 91.7 Å². The molecular formula is C18H25N3O5. The molecule has 142 valence electrons. The van der Waals surface area contributed by atoms with Crippen LogP contribution < -0.4 is 10.1 Å². The SMILES string of the molecule is COC(=O)CCc1nc2cc(OC)c(NC(=O)OC(C)(C)C)cc2n1C. The van der Waals surface area contributed by atoms with Crippen LogP contribution in [0, 0.1) is 0 Å². The summed E-state index contributed by atoms with van der Waals surface area (Å²) in [6.45, 7) is 5.38. The van der Waals surface area contributed by atoms with Crippen molar-refractivity contribution in [1.29, 1.82) is 0 Å². The van der Waals surface area contributed by atoms with E-state index in [1.807, 2.05) is 11.6 Å². The Morgan fingerprint density at radius 1 is 1.23 bits per heavy atom. The summed E-state index contributed by atoms with van der Waals surface area (Å²) in [6, 6.07) is 3.51. The highest BCUT2D eigenvalue weighted by molar-refractivity contribution is 5.92. The lowest BCUT2D eigenvalue weighted by molar-refractivity contribution is -0.140. The molecule has 0 bridgehead atoms. The van der Waals surface area contributed by atoms with Crippen molar-refractivity contribution in [3.05, 3.63) is 18.0 Å².